The third-order valence-electron chi connectivity index (χ3n) is 4.20. The fraction of sp³-hybridized carbons (Fsp3) is 0.227. The first-order chi connectivity index (χ1) is 13.5. The van der Waals surface area contributed by atoms with Crippen LogP contribution in [0.1, 0.15) is 23.7 Å². The SMILES string of the molecule is CCc1ccc(Nc2cc(C)ncn2)cc1NC(=O)COc1cccc(C)c1. The Morgan fingerprint density at radius 1 is 1.07 bits per heavy atom. The molecule has 0 spiro atoms. The van der Waals surface area contributed by atoms with E-state index >= 15 is 0 Å². The average Bonchev–Trinajstić information content (AvgIpc) is 2.67. The molecule has 0 radical (unpaired) electrons. The lowest BCUT2D eigenvalue weighted by Crippen LogP contribution is -2.21. The van der Waals surface area contributed by atoms with E-state index in [1.807, 2.05) is 62.4 Å². The molecule has 2 N–H and O–H groups in total. The first-order valence-electron chi connectivity index (χ1n) is 9.21. The van der Waals surface area contributed by atoms with E-state index in [4.69, 9.17) is 4.74 Å². The lowest BCUT2D eigenvalue weighted by molar-refractivity contribution is -0.118. The Kier molecular flexibility index (Phi) is 6.22. The molecule has 0 aliphatic carbocycles. The summed E-state index contributed by atoms with van der Waals surface area (Å²) in [5.74, 6) is 1.18. The molecule has 0 aliphatic heterocycles. The Morgan fingerprint density at radius 2 is 1.93 bits per heavy atom. The second-order valence-corrected chi connectivity index (χ2v) is 6.55. The van der Waals surface area contributed by atoms with Crippen LogP contribution in [-0.2, 0) is 11.2 Å². The van der Waals surface area contributed by atoms with Gasteiger partial charge in [-0.05, 0) is 55.7 Å². The summed E-state index contributed by atoms with van der Waals surface area (Å²) in [5.41, 5.74) is 4.61. The molecule has 0 fully saturated rings. The summed E-state index contributed by atoms with van der Waals surface area (Å²) >= 11 is 0. The van der Waals surface area contributed by atoms with Gasteiger partial charge in [-0.3, -0.25) is 4.79 Å². The number of carbonyl (C=O) groups is 1. The molecule has 6 heteroatoms. The monoisotopic (exact) mass is 376 g/mol. The van der Waals surface area contributed by atoms with Gasteiger partial charge in [-0.1, -0.05) is 25.1 Å². The third-order valence-corrected chi connectivity index (χ3v) is 4.20. The largest absolute Gasteiger partial charge is 0.484 e. The Labute approximate surface area is 165 Å². The van der Waals surface area contributed by atoms with Crippen LogP contribution < -0.4 is 15.4 Å². The standard InChI is InChI=1S/C22H24N4O2/c1-4-17-8-9-18(25-21-11-16(3)23-14-24-21)12-20(17)26-22(27)13-28-19-7-5-6-15(2)10-19/h5-12,14H,4,13H2,1-3H3,(H,26,27)(H,23,24,25). The van der Waals surface area contributed by atoms with Crippen molar-refractivity contribution >= 4 is 23.1 Å². The highest BCUT2D eigenvalue weighted by Gasteiger charge is 2.09. The summed E-state index contributed by atoms with van der Waals surface area (Å²) in [6, 6.07) is 15.4. The third kappa shape index (κ3) is 5.30. The summed E-state index contributed by atoms with van der Waals surface area (Å²) in [5, 5.41) is 6.19. The molecular formula is C22H24N4O2. The number of nitrogens with one attached hydrogen (secondary N) is 2. The Bertz CT molecular complexity index is 972. The Hall–Kier alpha value is -3.41. The summed E-state index contributed by atoms with van der Waals surface area (Å²) in [7, 11) is 0. The highest BCUT2D eigenvalue weighted by atomic mass is 16.5. The number of aromatic nitrogens is 2. The van der Waals surface area contributed by atoms with Gasteiger partial charge < -0.3 is 15.4 Å². The average molecular weight is 376 g/mol. The molecule has 0 bridgehead atoms. The maximum atomic E-state index is 12.4. The van der Waals surface area contributed by atoms with Gasteiger partial charge in [0.05, 0.1) is 0 Å². The van der Waals surface area contributed by atoms with Crippen molar-refractivity contribution in [3.63, 3.8) is 0 Å². The summed E-state index contributed by atoms with van der Waals surface area (Å²) in [6.07, 6.45) is 2.32. The summed E-state index contributed by atoms with van der Waals surface area (Å²) in [6.45, 7) is 5.90. The quantitative estimate of drug-likeness (QED) is 0.638. The number of nitrogens with zero attached hydrogens (tertiary/aromatic N) is 2. The number of hydrogen-bond donors (Lipinski definition) is 2. The topological polar surface area (TPSA) is 76.1 Å². The predicted octanol–water partition coefficient (Wildman–Crippen LogP) is 4.42. The van der Waals surface area contributed by atoms with Gasteiger partial charge >= 0.3 is 0 Å². The van der Waals surface area contributed by atoms with Gasteiger partial charge in [0.2, 0.25) is 0 Å². The first kappa shape index (κ1) is 19.4. The van der Waals surface area contributed by atoms with Crippen LogP contribution in [0.2, 0.25) is 0 Å². The van der Waals surface area contributed by atoms with Crippen molar-refractivity contribution in [1.29, 1.82) is 0 Å². The van der Waals surface area contributed by atoms with Gasteiger partial charge in [0, 0.05) is 23.1 Å². The van der Waals surface area contributed by atoms with Crippen LogP contribution in [0, 0.1) is 13.8 Å². The molecule has 1 aromatic heterocycles. The van der Waals surface area contributed by atoms with Gasteiger partial charge in [-0.15, -0.1) is 0 Å². The fourth-order valence-corrected chi connectivity index (χ4v) is 2.79. The summed E-state index contributed by atoms with van der Waals surface area (Å²) < 4.78 is 5.59. The Morgan fingerprint density at radius 3 is 2.68 bits per heavy atom. The molecular weight excluding hydrogens is 352 g/mol. The minimum Gasteiger partial charge on any atom is -0.484 e. The number of ether oxygens (including phenoxy) is 1. The van der Waals surface area contributed by atoms with Crippen LogP contribution in [-0.4, -0.2) is 22.5 Å². The highest BCUT2D eigenvalue weighted by Crippen LogP contribution is 2.24. The molecule has 3 rings (SSSR count). The van der Waals surface area contributed by atoms with Crippen molar-refractivity contribution in [1.82, 2.24) is 9.97 Å². The van der Waals surface area contributed by atoms with E-state index in [0.29, 0.717) is 11.6 Å². The van der Waals surface area contributed by atoms with Crippen LogP contribution in [0.25, 0.3) is 0 Å². The second-order valence-electron chi connectivity index (χ2n) is 6.55. The van der Waals surface area contributed by atoms with Crippen molar-refractivity contribution in [3.05, 3.63) is 71.7 Å². The van der Waals surface area contributed by atoms with E-state index in [-0.39, 0.29) is 12.5 Å². The smallest absolute Gasteiger partial charge is 0.262 e. The maximum Gasteiger partial charge on any atom is 0.262 e. The molecule has 2 aromatic carbocycles. The molecule has 28 heavy (non-hydrogen) atoms. The number of rotatable bonds is 7. The number of aryl methyl sites for hydroxylation is 3. The van der Waals surface area contributed by atoms with E-state index in [1.165, 1.54) is 6.33 Å². The van der Waals surface area contributed by atoms with Crippen LogP contribution in [0.15, 0.2) is 54.9 Å². The molecule has 1 amide bonds. The van der Waals surface area contributed by atoms with Crippen molar-refractivity contribution in [3.8, 4) is 5.75 Å². The van der Waals surface area contributed by atoms with Crippen LogP contribution >= 0.6 is 0 Å². The Balaban J connectivity index is 1.68. The van der Waals surface area contributed by atoms with E-state index in [0.717, 1.165) is 34.6 Å². The molecule has 144 valence electrons. The van der Waals surface area contributed by atoms with E-state index in [2.05, 4.69) is 27.5 Å². The van der Waals surface area contributed by atoms with E-state index in [9.17, 15) is 4.79 Å². The van der Waals surface area contributed by atoms with Gasteiger partial charge in [0.25, 0.3) is 5.91 Å². The molecule has 0 aliphatic rings. The minimum absolute atomic E-state index is 0.0463. The van der Waals surface area contributed by atoms with Gasteiger partial charge in [0.1, 0.15) is 17.9 Å². The molecule has 1 heterocycles. The van der Waals surface area contributed by atoms with Crippen LogP contribution in [0.3, 0.4) is 0 Å². The molecule has 0 saturated heterocycles. The predicted molar refractivity (Wildman–Crippen MR) is 111 cm³/mol. The first-order valence-corrected chi connectivity index (χ1v) is 9.21. The molecule has 0 saturated carbocycles. The maximum absolute atomic E-state index is 12.4. The fourth-order valence-electron chi connectivity index (χ4n) is 2.79. The lowest BCUT2D eigenvalue weighted by atomic mass is 10.1. The number of anilines is 3. The molecule has 3 aromatic rings. The van der Waals surface area contributed by atoms with Crippen molar-refractivity contribution in [2.75, 3.05) is 17.2 Å². The number of carbonyl (C=O) groups excluding carboxylic acids is 1. The van der Waals surface area contributed by atoms with Crippen LogP contribution in [0.5, 0.6) is 5.75 Å². The van der Waals surface area contributed by atoms with Gasteiger partial charge in [0.15, 0.2) is 6.61 Å². The van der Waals surface area contributed by atoms with Gasteiger partial charge in [-0.25, -0.2) is 9.97 Å². The van der Waals surface area contributed by atoms with E-state index < -0.39 is 0 Å². The zero-order chi connectivity index (χ0) is 19.9. The number of benzene rings is 2. The minimum atomic E-state index is -0.203. The van der Waals surface area contributed by atoms with E-state index in [1.54, 1.807) is 0 Å². The van der Waals surface area contributed by atoms with Gasteiger partial charge in [-0.2, -0.15) is 0 Å². The molecule has 6 nitrogen and oxygen atoms in total. The van der Waals surface area contributed by atoms with Crippen LogP contribution in [0.4, 0.5) is 17.2 Å². The second kappa shape index (κ2) is 8.99. The molecule has 0 unspecified atom stereocenters. The number of hydrogen-bond acceptors (Lipinski definition) is 5. The van der Waals surface area contributed by atoms with Crippen molar-refractivity contribution in [2.45, 2.75) is 27.2 Å². The molecule has 0 atom stereocenters. The highest BCUT2D eigenvalue weighted by molar-refractivity contribution is 5.93. The lowest BCUT2D eigenvalue weighted by Gasteiger charge is -2.14. The normalized spacial score (nSPS) is 10.4. The van der Waals surface area contributed by atoms with Crippen molar-refractivity contribution < 1.29 is 9.53 Å². The van der Waals surface area contributed by atoms with Crippen molar-refractivity contribution in [2.24, 2.45) is 0 Å². The number of amides is 1. The summed E-state index contributed by atoms with van der Waals surface area (Å²) in [4.78, 5) is 20.7. The zero-order valence-electron chi connectivity index (χ0n) is 16.3. The zero-order valence-corrected chi connectivity index (χ0v) is 16.3.